The highest BCUT2D eigenvalue weighted by atomic mass is 16.5. The van der Waals surface area contributed by atoms with Crippen molar-refractivity contribution in [3.63, 3.8) is 0 Å². The second kappa shape index (κ2) is 6.84. The normalized spacial score (nSPS) is 21.4. The predicted octanol–water partition coefficient (Wildman–Crippen LogP) is -0.0568. The summed E-state index contributed by atoms with van der Waals surface area (Å²) in [4.78, 5) is 18.4. The van der Waals surface area contributed by atoms with Gasteiger partial charge >= 0.3 is 0 Å². The molecule has 3 rings (SSSR count). The summed E-state index contributed by atoms with van der Waals surface area (Å²) in [5.41, 5.74) is 1.13. The van der Waals surface area contributed by atoms with E-state index in [1.165, 1.54) is 0 Å². The molecular formula is C15H19N5O3. The third-order valence-corrected chi connectivity index (χ3v) is 3.63. The molecule has 2 atom stereocenters. The topological polar surface area (TPSA) is 93.4 Å². The van der Waals surface area contributed by atoms with Crippen molar-refractivity contribution < 1.29 is 14.6 Å². The van der Waals surface area contributed by atoms with E-state index in [9.17, 15) is 9.90 Å². The quantitative estimate of drug-likeness (QED) is 0.849. The van der Waals surface area contributed by atoms with Gasteiger partial charge < -0.3 is 14.7 Å². The van der Waals surface area contributed by atoms with Crippen LogP contribution in [0.4, 0.5) is 0 Å². The van der Waals surface area contributed by atoms with Crippen LogP contribution in [-0.4, -0.2) is 67.8 Å². The number of ether oxygens (including phenoxy) is 1. The van der Waals surface area contributed by atoms with Gasteiger partial charge in [0.1, 0.15) is 0 Å². The molecule has 8 heteroatoms. The van der Waals surface area contributed by atoms with Gasteiger partial charge in [-0.1, -0.05) is 11.3 Å². The molecule has 2 aromatic heterocycles. The average Bonchev–Trinajstić information content (AvgIpc) is 3.03. The molecule has 0 bridgehead atoms. The molecule has 1 aliphatic heterocycles. The smallest absolute Gasteiger partial charge is 0.276 e. The number of hydrogen-bond acceptors (Lipinski definition) is 6. The maximum atomic E-state index is 12.5. The molecule has 1 fully saturated rings. The van der Waals surface area contributed by atoms with Gasteiger partial charge in [-0.2, -0.15) is 0 Å². The Labute approximate surface area is 133 Å². The van der Waals surface area contributed by atoms with Crippen LogP contribution >= 0.6 is 0 Å². The molecule has 0 aromatic carbocycles. The first kappa shape index (κ1) is 15.6. The van der Waals surface area contributed by atoms with Gasteiger partial charge in [0.05, 0.1) is 37.3 Å². The third kappa shape index (κ3) is 3.72. The van der Waals surface area contributed by atoms with Gasteiger partial charge in [-0.25, -0.2) is 4.68 Å². The zero-order chi connectivity index (χ0) is 16.2. The lowest BCUT2D eigenvalue weighted by Crippen LogP contribution is -2.50. The Hall–Kier alpha value is -2.32. The summed E-state index contributed by atoms with van der Waals surface area (Å²) in [5.74, 6) is -0.203. The first-order valence-corrected chi connectivity index (χ1v) is 7.51. The van der Waals surface area contributed by atoms with Crippen LogP contribution in [0.5, 0.6) is 0 Å². The standard InChI is InChI=1S/C15H19N5O3/c1-11-6-19(8-13(10-21)23-11)15(22)14-9-20(18-17-14)7-12-4-2-3-5-16-12/h2-5,9,11,13,21H,6-8,10H2,1H3. The summed E-state index contributed by atoms with van der Waals surface area (Å²) < 4.78 is 7.13. The molecule has 0 spiro atoms. The van der Waals surface area contributed by atoms with E-state index < -0.39 is 0 Å². The van der Waals surface area contributed by atoms with Gasteiger partial charge in [-0.3, -0.25) is 9.78 Å². The second-order valence-electron chi connectivity index (χ2n) is 5.58. The second-order valence-corrected chi connectivity index (χ2v) is 5.58. The monoisotopic (exact) mass is 317 g/mol. The number of aromatic nitrogens is 4. The highest BCUT2D eigenvalue weighted by molar-refractivity contribution is 5.92. The van der Waals surface area contributed by atoms with E-state index in [-0.39, 0.29) is 30.4 Å². The van der Waals surface area contributed by atoms with Crippen molar-refractivity contribution in [3.8, 4) is 0 Å². The van der Waals surface area contributed by atoms with Gasteiger partial charge in [0.15, 0.2) is 5.69 Å². The van der Waals surface area contributed by atoms with Gasteiger partial charge in [-0.15, -0.1) is 5.10 Å². The van der Waals surface area contributed by atoms with E-state index in [0.717, 1.165) is 5.69 Å². The minimum Gasteiger partial charge on any atom is -0.394 e. The minimum atomic E-state index is -0.355. The summed E-state index contributed by atoms with van der Waals surface area (Å²) in [5, 5.41) is 17.2. The Kier molecular flexibility index (Phi) is 4.63. The number of rotatable bonds is 4. The van der Waals surface area contributed by atoms with Gasteiger partial charge in [-0.05, 0) is 19.1 Å². The summed E-state index contributed by atoms with van der Waals surface area (Å²) in [6.45, 7) is 3.05. The number of aliphatic hydroxyl groups is 1. The molecule has 1 aliphatic rings. The SMILES string of the molecule is CC1CN(C(=O)c2cn(Cc3ccccn3)nn2)CC(CO)O1. The van der Waals surface area contributed by atoms with Crippen LogP contribution in [0.1, 0.15) is 23.1 Å². The summed E-state index contributed by atoms with van der Waals surface area (Å²) in [6.07, 6.45) is 2.85. The van der Waals surface area contributed by atoms with E-state index in [4.69, 9.17) is 4.74 Å². The van der Waals surface area contributed by atoms with Crippen LogP contribution in [0.25, 0.3) is 0 Å². The van der Waals surface area contributed by atoms with Crippen LogP contribution < -0.4 is 0 Å². The van der Waals surface area contributed by atoms with Gasteiger partial charge in [0, 0.05) is 19.3 Å². The number of pyridine rings is 1. The summed E-state index contributed by atoms with van der Waals surface area (Å²) >= 11 is 0. The Morgan fingerprint density at radius 1 is 1.43 bits per heavy atom. The summed E-state index contributed by atoms with van der Waals surface area (Å²) in [6, 6.07) is 5.63. The molecule has 1 saturated heterocycles. The first-order chi connectivity index (χ1) is 11.2. The minimum absolute atomic E-state index is 0.111. The number of amides is 1. The van der Waals surface area contributed by atoms with Crippen molar-refractivity contribution in [1.29, 1.82) is 0 Å². The largest absolute Gasteiger partial charge is 0.394 e. The zero-order valence-electron chi connectivity index (χ0n) is 12.9. The lowest BCUT2D eigenvalue weighted by molar-refractivity contribution is -0.0859. The zero-order valence-corrected chi connectivity index (χ0v) is 12.9. The Morgan fingerprint density at radius 2 is 2.30 bits per heavy atom. The summed E-state index contributed by atoms with van der Waals surface area (Å²) in [7, 11) is 0. The first-order valence-electron chi connectivity index (χ1n) is 7.51. The fourth-order valence-electron chi connectivity index (χ4n) is 2.61. The van der Waals surface area contributed by atoms with Crippen LogP contribution in [0, 0.1) is 0 Å². The van der Waals surface area contributed by atoms with Crippen LogP contribution in [0.3, 0.4) is 0 Å². The number of aliphatic hydroxyl groups excluding tert-OH is 1. The van der Waals surface area contributed by atoms with Crippen molar-refractivity contribution >= 4 is 5.91 Å². The maximum absolute atomic E-state index is 12.5. The molecule has 2 unspecified atom stereocenters. The highest BCUT2D eigenvalue weighted by Crippen LogP contribution is 2.13. The molecule has 23 heavy (non-hydrogen) atoms. The predicted molar refractivity (Wildman–Crippen MR) is 80.7 cm³/mol. The third-order valence-electron chi connectivity index (χ3n) is 3.63. The molecule has 3 heterocycles. The van der Waals surface area contributed by atoms with Crippen LogP contribution in [-0.2, 0) is 11.3 Å². The average molecular weight is 317 g/mol. The highest BCUT2D eigenvalue weighted by Gasteiger charge is 2.29. The molecular weight excluding hydrogens is 298 g/mol. The lowest BCUT2D eigenvalue weighted by Gasteiger charge is -2.35. The molecule has 1 N–H and O–H groups in total. The number of nitrogens with zero attached hydrogens (tertiary/aromatic N) is 5. The van der Waals surface area contributed by atoms with Crippen molar-refractivity contribution in [2.24, 2.45) is 0 Å². The van der Waals surface area contributed by atoms with Crippen LogP contribution in [0.15, 0.2) is 30.6 Å². The lowest BCUT2D eigenvalue weighted by atomic mass is 10.2. The number of carbonyl (C=O) groups excluding carboxylic acids is 1. The van der Waals surface area contributed by atoms with Gasteiger partial charge in [0.25, 0.3) is 5.91 Å². The van der Waals surface area contributed by atoms with E-state index in [1.54, 1.807) is 22.0 Å². The van der Waals surface area contributed by atoms with E-state index in [0.29, 0.717) is 19.6 Å². The molecule has 2 aromatic rings. The molecule has 122 valence electrons. The fourth-order valence-corrected chi connectivity index (χ4v) is 2.61. The van der Waals surface area contributed by atoms with Crippen molar-refractivity contribution in [1.82, 2.24) is 24.9 Å². The van der Waals surface area contributed by atoms with E-state index in [2.05, 4.69) is 15.3 Å². The molecule has 0 saturated carbocycles. The number of carbonyl (C=O) groups is 1. The van der Waals surface area contributed by atoms with E-state index >= 15 is 0 Å². The van der Waals surface area contributed by atoms with Crippen LogP contribution in [0.2, 0.25) is 0 Å². The number of morpholine rings is 1. The Balaban J connectivity index is 1.68. The van der Waals surface area contributed by atoms with Crippen molar-refractivity contribution in [2.45, 2.75) is 25.7 Å². The molecule has 8 nitrogen and oxygen atoms in total. The van der Waals surface area contributed by atoms with Crippen molar-refractivity contribution in [3.05, 3.63) is 42.0 Å². The fraction of sp³-hybridized carbons (Fsp3) is 0.467. The Morgan fingerprint density at radius 3 is 3.04 bits per heavy atom. The molecule has 0 aliphatic carbocycles. The van der Waals surface area contributed by atoms with E-state index in [1.807, 2.05) is 25.1 Å². The van der Waals surface area contributed by atoms with Crippen molar-refractivity contribution in [2.75, 3.05) is 19.7 Å². The van der Waals surface area contributed by atoms with Gasteiger partial charge in [0.2, 0.25) is 0 Å². The number of hydrogen-bond donors (Lipinski definition) is 1. The molecule has 1 amide bonds. The molecule has 0 radical (unpaired) electrons. The maximum Gasteiger partial charge on any atom is 0.276 e. The Bertz CT molecular complexity index is 660.